The van der Waals surface area contributed by atoms with E-state index in [-0.39, 0.29) is 11.5 Å². The molecular weight excluding hydrogens is 466 g/mol. The minimum absolute atomic E-state index is 0.170. The molecule has 2 fully saturated rings. The second-order valence-corrected chi connectivity index (χ2v) is 12.2. The molecule has 196 valence electrons. The molecule has 2 aromatic carbocycles. The maximum absolute atomic E-state index is 12.2. The lowest BCUT2D eigenvalue weighted by molar-refractivity contribution is -0.0695. The Kier molecular flexibility index (Phi) is 6.26. The van der Waals surface area contributed by atoms with E-state index in [4.69, 9.17) is 10.5 Å². The van der Waals surface area contributed by atoms with Crippen LogP contribution < -0.4 is 5.73 Å². The summed E-state index contributed by atoms with van der Waals surface area (Å²) < 4.78 is 7.27. The second kappa shape index (κ2) is 9.17. The highest BCUT2D eigenvalue weighted by molar-refractivity contribution is 6.05. The standard InChI is InChI=1S/C29H37N5O3/c1-28(2,3)37-27(36)33-16-22(17-33)32-14-20(15-32)29(4,5)13-19-9-11-21(12-10-19)34-18-24-23(26(30)35)7-6-8-25(24)31-34/h6-12,18,20,22H,13-17H2,1-5H3,(H2,30,35). The number of hydrogen-bond donors (Lipinski definition) is 1. The molecule has 0 spiro atoms. The number of carbonyl (C=O) groups is 2. The van der Waals surface area contributed by atoms with Gasteiger partial charge in [-0.25, -0.2) is 9.48 Å². The Bertz CT molecular complexity index is 1310. The van der Waals surface area contributed by atoms with Crippen molar-refractivity contribution < 1.29 is 14.3 Å². The zero-order valence-corrected chi connectivity index (χ0v) is 22.4. The monoisotopic (exact) mass is 503 g/mol. The summed E-state index contributed by atoms with van der Waals surface area (Å²) in [6, 6.07) is 14.3. The summed E-state index contributed by atoms with van der Waals surface area (Å²) in [5.41, 5.74) is 8.71. The van der Waals surface area contributed by atoms with Gasteiger partial charge in [0.1, 0.15) is 5.60 Å². The first-order valence-electron chi connectivity index (χ1n) is 13.0. The normalized spacial score (nSPS) is 17.5. The first-order chi connectivity index (χ1) is 17.4. The molecule has 1 aromatic heterocycles. The number of hydrogen-bond acceptors (Lipinski definition) is 5. The molecule has 0 unspecified atom stereocenters. The van der Waals surface area contributed by atoms with Gasteiger partial charge in [-0.1, -0.05) is 32.0 Å². The summed E-state index contributed by atoms with van der Waals surface area (Å²) in [4.78, 5) is 28.3. The Hall–Kier alpha value is -3.39. The van der Waals surface area contributed by atoms with Crippen LogP contribution in [0.2, 0.25) is 0 Å². The number of amides is 2. The number of rotatable bonds is 6. The van der Waals surface area contributed by atoms with Crippen molar-refractivity contribution in [2.75, 3.05) is 26.2 Å². The van der Waals surface area contributed by atoms with Crippen molar-refractivity contribution in [2.24, 2.45) is 17.1 Å². The van der Waals surface area contributed by atoms with Crippen LogP contribution in [-0.2, 0) is 11.2 Å². The quantitative estimate of drug-likeness (QED) is 0.543. The Labute approximate surface area is 218 Å². The van der Waals surface area contributed by atoms with E-state index in [0.29, 0.717) is 17.5 Å². The lowest BCUT2D eigenvalue weighted by Gasteiger charge is -2.55. The van der Waals surface area contributed by atoms with Crippen molar-refractivity contribution in [3.63, 3.8) is 0 Å². The molecule has 3 aromatic rings. The first-order valence-corrected chi connectivity index (χ1v) is 13.0. The van der Waals surface area contributed by atoms with Crippen LogP contribution in [0.25, 0.3) is 16.6 Å². The number of ether oxygens (including phenoxy) is 1. The number of primary amides is 1. The molecule has 0 saturated carbocycles. The number of likely N-dealkylation sites (tertiary alicyclic amines) is 2. The fourth-order valence-electron chi connectivity index (χ4n) is 5.29. The van der Waals surface area contributed by atoms with Crippen LogP contribution in [0.4, 0.5) is 4.79 Å². The summed E-state index contributed by atoms with van der Waals surface area (Å²) in [5, 5.41) is 5.38. The van der Waals surface area contributed by atoms with Gasteiger partial charge in [0, 0.05) is 43.8 Å². The van der Waals surface area contributed by atoms with Crippen LogP contribution >= 0.6 is 0 Å². The van der Waals surface area contributed by atoms with E-state index in [1.807, 2.05) is 33.0 Å². The zero-order chi connectivity index (χ0) is 26.5. The summed E-state index contributed by atoms with van der Waals surface area (Å²) in [7, 11) is 0. The number of aromatic nitrogens is 2. The third-order valence-corrected chi connectivity index (χ3v) is 7.72. The highest BCUT2D eigenvalue weighted by Crippen LogP contribution is 2.39. The van der Waals surface area contributed by atoms with E-state index < -0.39 is 11.5 Å². The second-order valence-electron chi connectivity index (χ2n) is 12.2. The zero-order valence-electron chi connectivity index (χ0n) is 22.4. The van der Waals surface area contributed by atoms with Gasteiger partial charge in [-0.3, -0.25) is 9.69 Å². The van der Waals surface area contributed by atoms with E-state index in [2.05, 4.69) is 48.1 Å². The van der Waals surface area contributed by atoms with E-state index in [1.165, 1.54) is 5.56 Å². The van der Waals surface area contributed by atoms with Gasteiger partial charge in [0.15, 0.2) is 0 Å². The van der Waals surface area contributed by atoms with Crippen molar-refractivity contribution in [3.8, 4) is 5.69 Å². The number of fused-ring (bicyclic) bond motifs is 1. The van der Waals surface area contributed by atoms with Gasteiger partial charge in [0.05, 0.1) is 16.8 Å². The summed E-state index contributed by atoms with van der Waals surface area (Å²) in [6.07, 6.45) is 2.65. The number of benzene rings is 2. The Morgan fingerprint density at radius 1 is 1.00 bits per heavy atom. The average molecular weight is 504 g/mol. The maximum Gasteiger partial charge on any atom is 0.410 e. The van der Waals surface area contributed by atoms with Gasteiger partial charge in [0.25, 0.3) is 0 Å². The van der Waals surface area contributed by atoms with E-state index >= 15 is 0 Å². The lowest BCUT2D eigenvalue weighted by atomic mass is 9.70. The van der Waals surface area contributed by atoms with Crippen LogP contribution in [0, 0.1) is 11.3 Å². The van der Waals surface area contributed by atoms with Gasteiger partial charge in [-0.2, -0.15) is 5.10 Å². The molecule has 0 atom stereocenters. The van der Waals surface area contributed by atoms with Crippen LogP contribution in [-0.4, -0.2) is 69.4 Å². The van der Waals surface area contributed by atoms with E-state index in [0.717, 1.165) is 49.2 Å². The molecule has 0 radical (unpaired) electrons. The number of nitrogens with two attached hydrogens (primary N) is 1. The van der Waals surface area contributed by atoms with Gasteiger partial charge in [0.2, 0.25) is 5.91 Å². The molecule has 2 aliphatic heterocycles. The molecule has 3 heterocycles. The predicted octanol–water partition coefficient (Wildman–Crippen LogP) is 4.24. The molecule has 8 nitrogen and oxygen atoms in total. The van der Waals surface area contributed by atoms with Crippen LogP contribution in [0.1, 0.15) is 50.5 Å². The van der Waals surface area contributed by atoms with E-state index in [1.54, 1.807) is 21.7 Å². The fraction of sp³-hybridized carbons (Fsp3) is 0.483. The molecular formula is C29H37N5O3. The molecule has 2 saturated heterocycles. The smallest absolute Gasteiger partial charge is 0.410 e. The number of nitrogens with zero attached hydrogens (tertiary/aromatic N) is 4. The first kappa shape index (κ1) is 25.3. The maximum atomic E-state index is 12.2. The van der Waals surface area contributed by atoms with Crippen LogP contribution in [0.3, 0.4) is 0 Å². The SMILES string of the molecule is CC(C)(C)OC(=O)N1CC(N2CC(C(C)(C)Cc3ccc(-n4cc5c(C(N)=O)cccc5n4)cc3)C2)C1. The molecule has 0 bridgehead atoms. The van der Waals surface area contributed by atoms with Crippen molar-refractivity contribution in [3.05, 3.63) is 59.8 Å². The molecule has 8 heteroatoms. The minimum Gasteiger partial charge on any atom is -0.444 e. The highest BCUT2D eigenvalue weighted by Gasteiger charge is 2.45. The van der Waals surface area contributed by atoms with Crippen molar-refractivity contribution in [2.45, 2.75) is 52.7 Å². The van der Waals surface area contributed by atoms with Crippen LogP contribution in [0.5, 0.6) is 0 Å². The minimum atomic E-state index is -0.451. The third kappa shape index (κ3) is 5.21. The van der Waals surface area contributed by atoms with Gasteiger partial charge in [-0.05, 0) is 68.4 Å². The molecule has 2 amide bonds. The Balaban J connectivity index is 1.15. The summed E-state index contributed by atoms with van der Waals surface area (Å²) in [5.74, 6) is 0.168. The molecule has 2 aliphatic rings. The van der Waals surface area contributed by atoms with Crippen molar-refractivity contribution in [1.29, 1.82) is 0 Å². The number of carbonyl (C=O) groups excluding carboxylic acids is 2. The summed E-state index contributed by atoms with van der Waals surface area (Å²) in [6.45, 7) is 14.1. The molecule has 37 heavy (non-hydrogen) atoms. The predicted molar refractivity (Wildman–Crippen MR) is 144 cm³/mol. The Morgan fingerprint density at radius 2 is 1.68 bits per heavy atom. The molecule has 5 rings (SSSR count). The highest BCUT2D eigenvalue weighted by atomic mass is 16.6. The Morgan fingerprint density at radius 3 is 2.30 bits per heavy atom. The van der Waals surface area contributed by atoms with Crippen molar-refractivity contribution >= 4 is 22.9 Å². The fourth-order valence-corrected chi connectivity index (χ4v) is 5.29. The van der Waals surface area contributed by atoms with E-state index in [9.17, 15) is 9.59 Å². The largest absolute Gasteiger partial charge is 0.444 e. The topological polar surface area (TPSA) is 93.7 Å². The van der Waals surface area contributed by atoms with Crippen LogP contribution in [0.15, 0.2) is 48.7 Å². The average Bonchev–Trinajstić information content (AvgIpc) is 3.17. The van der Waals surface area contributed by atoms with Crippen molar-refractivity contribution in [1.82, 2.24) is 19.6 Å². The summed E-state index contributed by atoms with van der Waals surface area (Å²) >= 11 is 0. The van der Waals surface area contributed by atoms with Gasteiger partial charge < -0.3 is 15.4 Å². The molecule has 0 aliphatic carbocycles. The van der Waals surface area contributed by atoms with Gasteiger partial charge >= 0.3 is 6.09 Å². The molecule has 2 N–H and O–H groups in total. The third-order valence-electron chi connectivity index (χ3n) is 7.72. The lowest BCUT2D eigenvalue weighted by Crippen LogP contribution is -2.68. The van der Waals surface area contributed by atoms with Gasteiger partial charge in [-0.15, -0.1) is 0 Å².